The highest BCUT2D eigenvalue weighted by Crippen LogP contribution is 2.25. The summed E-state index contributed by atoms with van der Waals surface area (Å²) in [7, 11) is 0. The van der Waals surface area contributed by atoms with Crippen LogP contribution in [0.15, 0.2) is 24.3 Å². The highest BCUT2D eigenvalue weighted by Gasteiger charge is 2.39. The number of hydrogen-bond acceptors (Lipinski definition) is 2. The van der Waals surface area contributed by atoms with Gasteiger partial charge in [0, 0.05) is 19.6 Å². The minimum atomic E-state index is -4.34. The summed E-state index contributed by atoms with van der Waals surface area (Å²) in [4.78, 5) is 0. The van der Waals surface area contributed by atoms with E-state index in [1.807, 2.05) is 24.3 Å². The summed E-state index contributed by atoms with van der Waals surface area (Å²) < 4.78 is 38.7. The molecule has 0 amide bonds. The van der Waals surface area contributed by atoms with Gasteiger partial charge in [-0.05, 0) is 16.5 Å². The predicted octanol–water partition coefficient (Wildman–Crippen LogP) is 2.74. The van der Waals surface area contributed by atoms with Crippen molar-refractivity contribution in [2.45, 2.75) is 38.9 Å². The van der Waals surface area contributed by atoms with Crippen molar-refractivity contribution in [3.63, 3.8) is 0 Å². The van der Waals surface area contributed by atoms with E-state index >= 15 is 0 Å². The van der Waals surface area contributed by atoms with Crippen LogP contribution in [0.5, 0.6) is 0 Å². The van der Waals surface area contributed by atoms with Gasteiger partial charge < -0.3 is 16.4 Å². The second-order valence-electron chi connectivity index (χ2n) is 6.61. The number of guanidine groups is 1. The number of halogens is 3. The standard InChI is InChI=1S/C16H25F3N4/c1-15(2,3)12-6-4-11(5-7-12)8-22-9-13(16(17,18)19)10-23-14(20)21/h4-7,13,22H,8-10H2,1-3H3,(H4,20,21,23). The highest BCUT2D eigenvalue weighted by molar-refractivity contribution is 5.74. The molecule has 1 aromatic rings. The quantitative estimate of drug-likeness (QED) is 0.479. The molecule has 0 aromatic heterocycles. The fourth-order valence-corrected chi connectivity index (χ4v) is 2.05. The zero-order valence-electron chi connectivity index (χ0n) is 13.7. The van der Waals surface area contributed by atoms with Crippen molar-refractivity contribution in [2.24, 2.45) is 11.7 Å². The van der Waals surface area contributed by atoms with Gasteiger partial charge in [-0.2, -0.15) is 13.2 Å². The van der Waals surface area contributed by atoms with Gasteiger partial charge in [-0.1, -0.05) is 45.0 Å². The Kier molecular flexibility index (Phi) is 6.44. The van der Waals surface area contributed by atoms with E-state index in [4.69, 9.17) is 11.1 Å². The lowest BCUT2D eigenvalue weighted by atomic mass is 9.87. The Hall–Kier alpha value is -1.76. The van der Waals surface area contributed by atoms with Crippen molar-refractivity contribution in [3.05, 3.63) is 35.4 Å². The highest BCUT2D eigenvalue weighted by atomic mass is 19.4. The van der Waals surface area contributed by atoms with Crippen LogP contribution in [0.2, 0.25) is 0 Å². The largest absolute Gasteiger partial charge is 0.394 e. The molecule has 0 spiro atoms. The molecule has 5 N–H and O–H groups in total. The lowest BCUT2D eigenvalue weighted by Crippen LogP contribution is -2.43. The lowest BCUT2D eigenvalue weighted by Gasteiger charge is -2.22. The normalized spacial score (nSPS) is 13.7. The van der Waals surface area contributed by atoms with E-state index in [9.17, 15) is 13.2 Å². The van der Waals surface area contributed by atoms with E-state index < -0.39 is 24.6 Å². The van der Waals surface area contributed by atoms with Crippen molar-refractivity contribution in [1.82, 2.24) is 10.6 Å². The van der Waals surface area contributed by atoms with Crippen LogP contribution in [0.3, 0.4) is 0 Å². The fraction of sp³-hybridized carbons (Fsp3) is 0.562. The maximum absolute atomic E-state index is 12.9. The van der Waals surface area contributed by atoms with Gasteiger partial charge in [0.2, 0.25) is 0 Å². The average Bonchev–Trinajstić information content (AvgIpc) is 2.40. The Balaban J connectivity index is 2.54. The van der Waals surface area contributed by atoms with Crippen LogP contribution in [0.4, 0.5) is 13.2 Å². The second-order valence-corrected chi connectivity index (χ2v) is 6.61. The smallest absolute Gasteiger partial charge is 0.370 e. The Morgan fingerprint density at radius 1 is 1.13 bits per heavy atom. The zero-order valence-corrected chi connectivity index (χ0v) is 13.7. The SMILES string of the molecule is CC(C)(C)c1ccc(CNCC(CNC(=N)N)C(F)(F)F)cc1. The summed E-state index contributed by atoms with van der Waals surface area (Å²) in [5.41, 5.74) is 7.19. The van der Waals surface area contributed by atoms with Crippen molar-refractivity contribution in [2.75, 3.05) is 13.1 Å². The molecule has 0 heterocycles. The number of benzene rings is 1. The molecule has 1 atom stereocenters. The minimum absolute atomic E-state index is 0.0473. The summed E-state index contributed by atoms with van der Waals surface area (Å²) in [6, 6.07) is 7.83. The first kappa shape index (κ1) is 19.3. The van der Waals surface area contributed by atoms with E-state index in [0.717, 1.165) is 5.56 Å². The summed E-state index contributed by atoms with van der Waals surface area (Å²) in [6.45, 7) is 6.04. The van der Waals surface area contributed by atoms with E-state index in [1.165, 1.54) is 5.56 Å². The predicted molar refractivity (Wildman–Crippen MR) is 86.3 cm³/mol. The van der Waals surface area contributed by atoms with E-state index in [1.54, 1.807) is 0 Å². The minimum Gasteiger partial charge on any atom is -0.370 e. The molecule has 1 unspecified atom stereocenters. The molecule has 0 saturated heterocycles. The van der Waals surface area contributed by atoms with Crippen LogP contribution in [0.25, 0.3) is 0 Å². The number of nitrogens with two attached hydrogens (primary N) is 1. The van der Waals surface area contributed by atoms with Gasteiger partial charge in [-0.15, -0.1) is 0 Å². The number of alkyl halides is 3. The van der Waals surface area contributed by atoms with Gasteiger partial charge in [-0.3, -0.25) is 5.41 Å². The third-order valence-corrected chi connectivity index (χ3v) is 3.54. The number of nitrogens with one attached hydrogen (secondary N) is 3. The Morgan fingerprint density at radius 2 is 1.70 bits per heavy atom. The van der Waals surface area contributed by atoms with E-state index in [0.29, 0.717) is 6.54 Å². The Morgan fingerprint density at radius 3 is 2.13 bits per heavy atom. The van der Waals surface area contributed by atoms with Crippen molar-refractivity contribution < 1.29 is 13.2 Å². The second kappa shape index (κ2) is 7.68. The third-order valence-electron chi connectivity index (χ3n) is 3.54. The van der Waals surface area contributed by atoms with Gasteiger partial charge in [-0.25, -0.2) is 0 Å². The number of rotatable bonds is 6. The van der Waals surface area contributed by atoms with Crippen LogP contribution in [0, 0.1) is 11.3 Å². The average molecular weight is 330 g/mol. The van der Waals surface area contributed by atoms with Crippen LogP contribution < -0.4 is 16.4 Å². The van der Waals surface area contributed by atoms with Gasteiger partial charge in [0.25, 0.3) is 0 Å². The summed E-state index contributed by atoms with van der Waals surface area (Å²) in [5.74, 6) is -2.06. The molecule has 0 aliphatic rings. The fourth-order valence-electron chi connectivity index (χ4n) is 2.05. The maximum Gasteiger partial charge on any atom is 0.394 e. The molecule has 0 aliphatic heterocycles. The molecule has 23 heavy (non-hydrogen) atoms. The summed E-state index contributed by atoms with van der Waals surface area (Å²) >= 11 is 0. The van der Waals surface area contributed by atoms with Crippen molar-refractivity contribution >= 4 is 5.96 Å². The Labute approximate surface area is 135 Å². The molecule has 1 rings (SSSR count). The first-order chi connectivity index (χ1) is 10.5. The summed E-state index contributed by atoms with van der Waals surface area (Å²) in [6.07, 6.45) is -4.34. The molecule has 7 heteroatoms. The molecular formula is C16H25F3N4. The maximum atomic E-state index is 12.9. The van der Waals surface area contributed by atoms with Crippen LogP contribution in [-0.4, -0.2) is 25.2 Å². The van der Waals surface area contributed by atoms with Crippen molar-refractivity contribution in [1.29, 1.82) is 5.41 Å². The third kappa shape index (κ3) is 6.90. The first-order valence-corrected chi connectivity index (χ1v) is 7.45. The monoisotopic (exact) mass is 330 g/mol. The van der Waals surface area contributed by atoms with Crippen LogP contribution >= 0.6 is 0 Å². The zero-order chi connectivity index (χ0) is 17.7. The molecule has 0 bridgehead atoms. The van der Waals surface area contributed by atoms with E-state index in [2.05, 4.69) is 31.4 Å². The molecule has 0 fully saturated rings. The van der Waals surface area contributed by atoms with Crippen LogP contribution in [-0.2, 0) is 12.0 Å². The molecule has 0 saturated carbocycles. The first-order valence-electron chi connectivity index (χ1n) is 7.45. The van der Waals surface area contributed by atoms with Crippen LogP contribution in [0.1, 0.15) is 31.9 Å². The van der Waals surface area contributed by atoms with Gasteiger partial charge in [0.15, 0.2) is 5.96 Å². The molecule has 130 valence electrons. The Bertz CT molecular complexity index is 504. The van der Waals surface area contributed by atoms with Gasteiger partial charge in [0.1, 0.15) is 0 Å². The van der Waals surface area contributed by atoms with Gasteiger partial charge in [0.05, 0.1) is 5.92 Å². The molecular weight excluding hydrogens is 305 g/mol. The number of hydrogen-bond donors (Lipinski definition) is 4. The summed E-state index contributed by atoms with van der Waals surface area (Å²) in [5, 5.41) is 12.0. The molecule has 4 nitrogen and oxygen atoms in total. The van der Waals surface area contributed by atoms with Gasteiger partial charge >= 0.3 is 6.18 Å². The van der Waals surface area contributed by atoms with E-state index in [-0.39, 0.29) is 12.0 Å². The van der Waals surface area contributed by atoms with Crippen molar-refractivity contribution in [3.8, 4) is 0 Å². The molecule has 1 aromatic carbocycles. The lowest BCUT2D eigenvalue weighted by molar-refractivity contribution is -0.171. The molecule has 0 radical (unpaired) electrons. The molecule has 0 aliphatic carbocycles. The topological polar surface area (TPSA) is 73.9 Å².